The summed E-state index contributed by atoms with van der Waals surface area (Å²) in [6.45, 7) is 5.37. The highest BCUT2D eigenvalue weighted by molar-refractivity contribution is 6.30. The molecular weight excluding hydrogens is 556 g/mol. The Morgan fingerprint density at radius 3 is 2.76 bits per heavy atom. The first kappa shape index (κ1) is 27.9. The van der Waals surface area contributed by atoms with Crippen molar-refractivity contribution in [1.82, 2.24) is 25.2 Å². The lowest BCUT2D eigenvalue weighted by atomic mass is 9.98. The molecule has 0 unspecified atom stereocenters. The van der Waals surface area contributed by atoms with Gasteiger partial charge in [-0.2, -0.15) is 5.10 Å². The highest BCUT2D eigenvalue weighted by Gasteiger charge is 2.31. The molecule has 12 heteroatoms. The van der Waals surface area contributed by atoms with Gasteiger partial charge in [-0.05, 0) is 60.2 Å². The Kier molecular flexibility index (Phi) is 7.80. The molecule has 0 bridgehead atoms. The van der Waals surface area contributed by atoms with Crippen molar-refractivity contribution in [1.29, 1.82) is 0 Å². The fourth-order valence-electron chi connectivity index (χ4n) is 4.87. The molecule has 1 aliphatic carbocycles. The average molecular weight is 580 g/mol. The van der Waals surface area contributed by atoms with E-state index < -0.39 is 46.8 Å². The average Bonchev–Trinajstić information content (AvgIpc) is 3.59. The minimum atomic E-state index is -1.15. The Bertz CT molecular complexity index is 1720. The SMILES string of the molecule is C=CCOC(=O)c1ccc2c(c1C)CC[C@@H]2NC(=O)c1c(F)c(C(=O)NCc2ccc(F)c(Cl)c2)nc2ccnn12. The van der Waals surface area contributed by atoms with Gasteiger partial charge >= 0.3 is 5.97 Å². The largest absolute Gasteiger partial charge is 0.458 e. The molecule has 2 amide bonds. The zero-order chi connectivity index (χ0) is 29.3. The molecule has 0 fully saturated rings. The molecule has 9 nitrogen and oxygen atoms in total. The molecule has 0 saturated heterocycles. The maximum absolute atomic E-state index is 15.7. The summed E-state index contributed by atoms with van der Waals surface area (Å²) >= 11 is 5.79. The first-order valence-corrected chi connectivity index (χ1v) is 13.0. The van der Waals surface area contributed by atoms with Crippen molar-refractivity contribution in [3.05, 3.63) is 111 Å². The van der Waals surface area contributed by atoms with Crippen LogP contribution in [0.1, 0.15) is 66.1 Å². The highest BCUT2D eigenvalue weighted by Crippen LogP contribution is 2.35. The number of fused-ring (bicyclic) bond motifs is 2. The first-order chi connectivity index (χ1) is 19.7. The van der Waals surface area contributed by atoms with Crippen LogP contribution in [0.15, 0.2) is 55.3 Å². The monoisotopic (exact) mass is 579 g/mol. The molecule has 41 heavy (non-hydrogen) atoms. The fraction of sp³-hybridized carbons (Fsp3) is 0.207. The maximum atomic E-state index is 15.7. The first-order valence-electron chi connectivity index (χ1n) is 12.7. The van der Waals surface area contributed by atoms with Crippen molar-refractivity contribution in [3.63, 3.8) is 0 Å². The summed E-state index contributed by atoms with van der Waals surface area (Å²) in [6, 6.07) is 8.28. The van der Waals surface area contributed by atoms with E-state index in [1.807, 2.05) is 6.92 Å². The van der Waals surface area contributed by atoms with E-state index in [1.165, 1.54) is 30.5 Å². The van der Waals surface area contributed by atoms with Crippen molar-refractivity contribution in [2.75, 3.05) is 6.61 Å². The lowest BCUT2D eigenvalue weighted by molar-refractivity contribution is 0.0548. The predicted molar refractivity (Wildman–Crippen MR) is 146 cm³/mol. The van der Waals surface area contributed by atoms with Crippen LogP contribution >= 0.6 is 11.6 Å². The number of nitrogens with zero attached hydrogens (tertiary/aromatic N) is 3. The summed E-state index contributed by atoms with van der Waals surface area (Å²) in [5.74, 6) is -3.89. The van der Waals surface area contributed by atoms with Crippen LogP contribution in [0.25, 0.3) is 5.65 Å². The molecular formula is C29H24ClF2N5O4. The van der Waals surface area contributed by atoms with Crippen LogP contribution in [0.5, 0.6) is 0 Å². The number of halogens is 3. The topological polar surface area (TPSA) is 115 Å². The van der Waals surface area contributed by atoms with Gasteiger partial charge in [0.1, 0.15) is 12.4 Å². The van der Waals surface area contributed by atoms with Crippen molar-refractivity contribution < 1.29 is 27.9 Å². The van der Waals surface area contributed by atoms with Gasteiger partial charge < -0.3 is 15.4 Å². The maximum Gasteiger partial charge on any atom is 0.338 e. The van der Waals surface area contributed by atoms with E-state index in [9.17, 15) is 18.8 Å². The molecule has 4 aromatic rings. The lowest BCUT2D eigenvalue weighted by Gasteiger charge is -2.17. The predicted octanol–water partition coefficient (Wildman–Crippen LogP) is 4.66. The fourth-order valence-corrected chi connectivity index (χ4v) is 5.08. The van der Waals surface area contributed by atoms with Gasteiger partial charge in [0.15, 0.2) is 22.9 Å². The van der Waals surface area contributed by atoms with Crippen LogP contribution in [0.3, 0.4) is 0 Å². The third-order valence-corrected chi connectivity index (χ3v) is 7.18. The van der Waals surface area contributed by atoms with Crippen LogP contribution in [-0.2, 0) is 17.7 Å². The number of benzene rings is 2. The quantitative estimate of drug-likeness (QED) is 0.232. The molecule has 0 radical (unpaired) electrons. The van der Waals surface area contributed by atoms with Gasteiger partial charge in [-0.1, -0.05) is 36.4 Å². The van der Waals surface area contributed by atoms with E-state index in [0.717, 1.165) is 27.3 Å². The number of esters is 1. The molecule has 2 N–H and O–H groups in total. The second kappa shape index (κ2) is 11.5. The third kappa shape index (κ3) is 5.40. The van der Waals surface area contributed by atoms with E-state index in [0.29, 0.717) is 24.0 Å². The van der Waals surface area contributed by atoms with Gasteiger partial charge in [0.2, 0.25) is 0 Å². The molecule has 1 atom stereocenters. The van der Waals surface area contributed by atoms with Gasteiger partial charge in [0.25, 0.3) is 11.8 Å². The van der Waals surface area contributed by atoms with Crippen molar-refractivity contribution in [2.45, 2.75) is 32.4 Å². The molecule has 2 aromatic carbocycles. The van der Waals surface area contributed by atoms with E-state index in [4.69, 9.17) is 16.3 Å². The normalized spacial score (nSPS) is 14.0. The number of ether oxygens (including phenoxy) is 1. The van der Waals surface area contributed by atoms with Crippen molar-refractivity contribution in [3.8, 4) is 0 Å². The van der Waals surface area contributed by atoms with E-state index in [1.54, 1.807) is 12.1 Å². The van der Waals surface area contributed by atoms with E-state index >= 15 is 4.39 Å². The summed E-state index contributed by atoms with van der Waals surface area (Å²) in [4.78, 5) is 42.8. The van der Waals surface area contributed by atoms with Crippen molar-refractivity contribution >= 4 is 35.0 Å². The Labute approximate surface area is 238 Å². The van der Waals surface area contributed by atoms with Crippen molar-refractivity contribution in [2.24, 2.45) is 0 Å². The van der Waals surface area contributed by atoms with Gasteiger partial charge in [-0.3, -0.25) is 9.59 Å². The van der Waals surface area contributed by atoms with Gasteiger partial charge in [0.05, 0.1) is 22.8 Å². The molecule has 2 aromatic heterocycles. The van der Waals surface area contributed by atoms with Crippen LogP contribution in [-0.4, -0.2) is 39.0 Å². The summed E-state index contributed by atoms with van der Waals surface area (Å²) in [7, 11) is 0. The second-order valence-electron chi connectivity index (χ2n) is 9.41. The zero-order valence-electron chi connectivity index (χ0n) is 21.8. The van der Waals surface area contributed by atoms with Crippen LogP contribution < -0.4 is 10.6 Å². The third-order valence-electron chi connectivity index (χ3n) is 6.89. The number of amides is 2. The lowest BCUT2D eigenvalue weighted by Crippen LogP contribution is -2.32. The van der Waals surface area contributed by atoms with Gasteiger partial charge in [0, 0.05) is 12.6 Å². The molecule has 210 valence electrons. The summed E-state index contributed by atoms with van der Waals surface area (Å²) in [6.07, 6.45) is 3.93. The van der Waals surface area contributed by atoms with Crippen LogP contribution in [0.2, 0.25) is 5.02 Å². The van der Waals surface area contributed by atoms with E-state index in [-0.39, 0.29) is 23.8 Å². The number of hydrogen-bond acceptors (Lipinski definition) is 6. The smallest absolute Gasteiger partial charge is 0.338 e. The Hall–Kier alpha value is -4.64. The summed E-state index contributed by atoms with van der Waals surface area (Å²) in [5.41, 5.74) is 2.39. The van der Waals surface area contributed by atoms with Gasteiger partial charge in [-0.15, -0.1) is 0 Å². The molecule has 5 rings (SSSR count). The van der Waals surface area contributed by atoms with Crippen LogP contribution in [0, 0.1) is 18.6 Å². The Balaban J connectivity index is 1.39. The molecule has 1 aliphatic rings. The standard InChI is InChI=1S/C29H24ClF2N5O4/c1-3-12-41-29(40)18-5-6-19-17(15(18)2)7-9-22(19)35-28(39)26-24(32)25(36-23-10-11-34-37(23)26)27(38)33-14-16-4-8-21(31)20(30)13-16/h3-6,8,10-11,13,22H,1,7,9,12,14H2,2H3,(H,33,38)(H,35,39)/t22-/m0/s1. The Morgan fingerprint density at radius 2 is 2.00 bits per heavy atom. The molecule has 0 saturated carbocycles. The van der Waals surface area contributed by atoms with Crippen LogP contribution in [0.4, 0.5) is 8.78 Å². The van der Waals surface area contributed by atoms with Gasteiger partial charge in [-0.25, -0.2) is 23.1 Å². The number of rotatable bonds is 8. The number of nitrogens with one attached hydrogen (secondary N) is 2. The molecule has 0 spiro atoms. The summed E-state index contributed by atoms with van der Waals surface area (Å²) < 4.78 is 35.4. The number of carbonyl (C=O) groups is 3. The minimum absolute atomic E-state index is 0.0761. The number of hydrogen-bond donors (Lipinski definition) is 2. The number of aromatic nitrogens is 3. The minimum Gasteiger partial charge on any atom is -0.458 e. The molecule has 2 heterocycles. The second-order valence-corrected chi connectivity index (χ2v) is 9.82. The summed E-state index contributed by atoms with van der Waals surface area (Å²) in [5, 5.41) is 9.26. The molecule has 0 aliphatic heterocycles. The zero-order valence-corrected chi connectivity index (χ0v) is 22.6. The highest BCUT2D eigenvalue weighted by atomic mass is 35.5. The van der Waals surface area contributed by atoms with E-state index in [2.05, 4.69) is 27.3 Å². The Morgan fingerprint density at radius 1 is 1.20 bits per heavy atom. The number of carbonyl (C=O) groups excluding carboxylic acids is 3.